The van der Waals surface area contributed by atoms with Gasteiger partial charge in [0.2, 0.25) is 17.7 Å². The second-order valence-corrected chi connectivity index (χ2v) is 4.62. The Balaban J connectivity index is 2.07. The Kier molecular flexibility index (Phi) is 3.15. The highest BCUT2D eigenvalue weighted by atomic mass is 16.2. The first-order valence-corrected chi connectivity index (χ1v) is 5.85. The van der Waals surface area contributed by atoms with Gasteiger partial charge in [-0.05, 0) is 6.42 Å². The molecule has 2 aliphatic rings. The fourth-order valence-corrected chi connectivity index (χ4v) is 2.61. The minimum atomic E-state index is -0.344. The molecule has 0 bridgehead atoms. The molecule has 2 fully saturated rings. The third kappa shape index (κ3) is 1.93. The number of carbonyl (C=O) groups is 3. The molecule has 0 saturated carbocycles. The Morgan fingerprint density at radius 1 is 1.35 bits per heavy atom. The summed E-state index contributed by atoms with van der Waals surface area (Å²) in [6, 6.07) is 0. The molecule has 0 aromatic carbocycles. The third-order valence-corrected chi connectivity index (χ3v) is 3.62. The lowest BCUT2D eigenvalue weighted by Gasteiger charge is -2.32. The zero-order valence-electron chi connectivity index (χ0n) is 9.89. The van der Waals surface area contributed by atoms with Gasteiger partial charge in [-0.3, -0.25) is 19.3 Å². The van der Waals surface area contributed by atoms with Gasteiger partial charge in [-0.1, -0.05) is 0 Å². The lowest BCUT2D eigenvalue weighted by Crippen LogP contribution is -2.45. The summed E-state index contributed by atoms with van der Waals surface area (Å²) < 4.78 is 0. The maximum absolute atomic E-state index is 11.8. The number of hydrogen-bond donors (Lipinski definition) is 1. The van der Waals surface area contributed by atoms with E-state index in [9.17, 15) is 14.4 Å². The molecule has 17 heavy (non-hydrogen) atoms. The molecule has 2 atom stereocenters. The van der Waals surface area contributed by atoms with E-state index in [1.54, 1.807) is 4.90 Å². The summed E-state index contributed by atoms with van der Waals surface area (Å²) in [5.41, 5.74) is 5.34. The molecule has 0 radical (unpaired) electrons. The van der Waals surface area contributed by atoms with Crippen molar-refractivity contribution in [1.82, 2.24) is 9.80 Å². The average molecular weight is 239 g/mol. The molecule has 0 aromatic rings. The number of carbonyl (C=O) groups excluding carboxylic acids is 3. The molecule has 0 aliphatic carbocycles. The number of nitrogens with zero attached hydrogens (tertiary/aromatic N) is 2. The van der Waals surface area contributed by atoms with Crippen molar-refractivity contribution in [3.05, 3.63) is 0 Å². The van der Waals surface area contributed by atoms with Crippen LogP contribution in [-0.4, -0.2) is 54.2 Å². The van der Waals surface area contributed by atoms with Crippen LogP contribution < -0.4 is 5.73 Å². The molecule has 6 heteroatoms. The summed E-state index contributed by atoms with van der Waals surface area (Å²) in [6.07, 6.45) is 0.880. The first-order chi connectivity index (χ1) is 8.06. The molecule has 94 valence electrons. The average Bonchev–Trinajstić information content (AvgIpc) is 2.55. The molecule has 2 aliphatic heterocycles. The molecule has 0 unspecified atom stereocenters. The van der Waals surface area contributed by atoms with E-state index in [4.69, 9.17) is 5.73 Å². The van der Waals surface area contributed by atoms with Crippen molar-refractivity contribution in [2.75, 3.05) is 26.7 Å². The third-order valence-electron chi connectivity index (χ3n) is 3.62. The zero-order valence-corrected chi connectivity index (χ0v) is 9.89. The Morgan fingerprint density at radius 3 is 2.65 bits per heavy atom. The Bertz CT molecular complexity index is 369. The van der Waals surface area contributed by atoms with E-state index < -0.39 is 0 Å². The van der Waals surface area contributed by atoms with Crippen molar-refractivity contribution in [1.29, 1.82) is 0 Å². The van der Waals surface area contributed by atoms with Crippen molar-refractivity contribution in [2.45, 2.75) is 12.8 Å². The number of rotatable bonds is 2. The topological polar surface area (TPSA) is 83.7 Å². The largest absolute Gasteiger partial charge is 0.342 e. The highest BCUT2D eigenvalue weighted by molar-refractivity contribution is 6.05. The van der Waals surface area contributed by atoms with E-state index in [1.165, 1.54) is 11.9 Å². The molecule has 6 nitrogen and oxygen atoms in total. The SMILES string of the molecule is CN1C(=O)[C@@H]2CCN(C(=O)CCN)C[C@H]2C1=O. The zero-order chi connectivity index (χ0) is 12.6. The van der Waals surface area contributed by atoms with Crippen LogP contribution in [0.3, 0.4) is 0 Å². The minimum absolute atomic E-state index is 0.0271. The van der Waals surface area contributed by atoms with Crippen LogP contribution in [0.15, 0.2) is 0 Å². The summed E-state index contributed by atoms with van der Waals surface area (Å²) in [5, 5.41) is 0. The second kappa shape index (κ2) is 4.44. The van der Waals surface area contributed by atoms with Crippen molar-refractivity contribution >= 4 is 17.7 Å². The number of amides is 3. The molecule has 2 N–H and O–H groups in total. The van der Waals surface area contributed by atoms with Gasteiger partial charge in [-0.15, -0.1) is 0 Å². The maximum Gasteiger partial charge on any atom is 0.234 e. The fourth-order valence-electron chi connectivity index (χ4n) is 2.61. The highest BCUT2D eigenvalue weighted by Crippen LogP contribution is 2.32. The number of likely N-dealkylation sites (tertiary alicyclic amines) is 2. The van der Waals surface area contributed by atoms with Crippen molar-refractivity contribution in [3.8, 4) is 0 Å². The standard InChI is InChI=1S/C11H17N3O3/c1-13-10(16)7-3-5-14(9(15)2-4-12)6-8(7)11(13)17/h7-8H,2-6,12H2,1H3/t7-,8-/m1/s1. The molecule has 0 aromatic heterocycles. The van der Waals surface area contributed by atoms with Crippen LogP contribution in [0.5, 0.6) is 0 Å². The second-order valence-electron chi connectivity index (χ2n) is 4.62. The summed E-state index contributed by atoms with van der Waals surface area (Å²) in [6.45, 7) is 1.22. The summed E-state index contributed by atoms with van der Waals surface area (Å²) in [5.74, 6) is -0.866. The number of imide groups is 1. The van der Waals surface area contributed by atoms with E-state index in [0.717, 1.165) is 0 Å². The molecular formula is C11H17N3O3. The van der Waals surface area contributed by atoms with E-state index in [0.29, 0.717) is 32.5 Å². The van der Waals surface area contributed by atoms with Gasteiger partial charge in [-0.2, -0.15) is 0 Å². The lowest BCUT2D eigenvalue weighted by atomic mass is 9.87. The smallest absolute Gasteiger partial charge is 0.234 e. The molecule has 2 saturated heterocycles. The number of hydrogen-bond acceptors (Lipinski definition) is 4. The minimum Gasteiger partial charge on any atom is -0.342 e. The summed E-state index contributed by atoms with van der Waals surface area (Å²) >= 11 is 0. The van der Waals surface area contributed by atoms with Gasteiger partial charge in [0, 0.05) is 33.1 Å². The van der Waals surface area contributed by atoms with Crippen LogP contribution in [0.25, 0.3) is 0 Å². The normalized spacial score (nSPS) is 28.6. The number of fused-ring (bicyclic) bond motifs is 1. The lowest BCUT2D eigenvalue weighted by molar-refractivity contribution is -0.138. The van der Waals surface area contributed by atoms with Crippen LogP contribution in [0.4, 0.5) is 0 Å². The van der Waals surface area contributed by atoms with E-state index in [-0.39, 0.29) is 29.6 Å². The summed E-state index contributed by atoms with van der Waals surface area (Å²) in [4.78, 5) is 38.1. The van der Waals surface area contributed by atoms with Gasteiger partial charge >= 0.3 is 0 Å². The first kappa shape index (κ1) is 12.0. The molecular weight excluding hydrogens is 222 g/mol. The number of nitrogens with two attached hydrogens (primary N) is 1. The maximum atomic E-state index is 11.8. The molecule has 2 heterocycles. The molecule has 2 rings (SSSR count). The predicted octanol–water partition coefficient (Wildman–Crippen LogP) is -1.20. The van der Waals surface area contributed by atoms with E-state index >= 15 is 0 Å². The van der Waals surface area contributed by atoms with Crippen LogP contribution in [0, 0.1) is 11.8 Å². The Morgan fingerprint density at radius 2 is 2.00 bits per heavy atom. The number of piperidine rings is 1. The van der Waals surface area contributed by atoms with Gasteiger partial charge in [0.15, 0.2) is 0 Å². The Labute approximate surface area is 99.7 Å². The van der Waals surface area contributed by atoms with Crippen LogP contribution >= 0.6 is 0 Å². The van der Waals surface area contributed by atoms with Crippen LogP contribution in [0.2, 0.25) is 0 Å². The highest BCUT2D eigenvalue weighted by Gasteiger charge is 2.48. The van der Waals surface area contributed by atoms with Gasteiger partial charge in [0.1, 0.15) is 0 Å². The van der Waals surface area contributed by atoms with Crippen LogP contribution in [0.1, 0.15) is 12.8 Å². The monoisotopic (exact) mass is 239 g/mol. The van der Waals surface area contributed by atoms with Crippen molar-refractivity contribution in [3.63, 3.8) is 0 Å². The van der Waals surface area contributed by atoms with E-state index in [2.05, 4.69) is 0 Å². The first-order valence-electron chi connectivity index (χ1n) is 5.85. The van der Waals surface area contributed by atoms with E-state index in [1.807, 2.05) is 0 Å². The fraction of sp³-hybridized carbons (Fsp3) is 0.727. The quantitative estimate of drug-likeness (QED) is 0.613. The Hall–Kier alpha value is -1.43. The predicted molar refractivity (Wildman–Crippen MR) is 59.6 cm³/mol. The van der Waals surface area contributed by atoms with Crippen LogP contribution in [-0.2, 0) is 14.4 Å². The van der Waals surface area contributed by atoms with Gasteiger partial charge in [0.25, 0.3) is 0 Å². The van der Waals surface area contributed by atoms with Crippen molar-refractivity contribution in [2.24, 2.45) is 17.6 Å². The van der Waals surface area contributed by atoms with Crippen molar-refractivity contribution < 1.29 is 14.4 Å². The molecule has 0 spiro atoms. The molecule has 3 amide bonds. The van der Waals surface area contributed by atoms with Gasteiger partial charge < -0.3 is 10.6 Å². The van der Waals surface area contributed by atoms with Gasteiger partial charge in [-0.25, -0.2) is 0 Å². The van der Waals surface area contributed by atoms with Gasteiger partial charge in [0.05, 0.1) is 11.8 Å². The summed E-state index contributed by atoms with van der Waals surface area (Å²) in [7, 11) is 1.51.